The summed E-state index contributed by atoms with van der Waals surface area (Å²) >= 11 is 3.00. The van der Waals surface area contributed by atoms with E-state index in [9.17, 15) is 8.42 Å². The predicted molar refractivity (Wildman–Crippen MR) is 111 cm³/mol. The zero-order chi connectivity index (χ0) is 19.4. The molecular weight excluding hydrogens is 404 g/mol. The van der Waals surface area contributed by atoms with Gasteiger partial charge in [0.05, 0.1) is 15.1 Å². The molecule has 0 saturated carbocycles. The number of hydrogen-bond acceptors (Lipinski definition) is 9. The van der Waals surface area contributed by atoms with Gasteiger partial charge in [-0.1, -0.05) is 18.3 Å². The first kappa shape index (κ1) is 19.8. The molecule has 0 unspecified atom stereocenters. The van der Waals surface area contributed by atoms with Gasteiger partial charge in [0.1, 0.15) is 0 Å². The average molecular weight is 425 g/mol. The van der Waals surface area contributed by atoms with Gasteiger partial charge in [-0.2, -0.15) is 0 Å². The molecule has 0 aliphatic carbocycles. The van der Waals surface area contributed by atoms with Crippen LogP contribution in [0.25, 0.3) is 10.2 Å². The van der Waals surface area contributed by atoms with Crippen LogP contribution in [-0.2, 0) is 10.0 Å². The van der Waals surface area contributed by atoms with Crippen LogP contribution >= 0.6 is 23.1 Å². The van der Waals surface area contributed by atoms with Gasteiger partial charge in [0, 0.05) is 30.4 Å². The number of primary sulfonamides is 1. The summed E-state index contributed by atoms with van der Waals surface area (Å²) in [4.78, 5) is 14.1. The summed E-state index contributed by atoms with van der Waals surface area (Å²) in [6, 6.07) is 4.68. The summed E-state index contributed by atoms with van der Waals surface area (Å²) in [5.41, 5.74) is 0.739. The predicted octanol–water partition coefficient (Wildman–Crippen LogP) is 2.62. The zero-order valence-corrected chi connectivity index (χ0v) is 17.3. The molecule has 2 heterocycles. The number of fused-ring (bicyclic) bond motifs is 1. The molecule has 1 aromatic carbocycles. The number of thioether (sulfide) groups is 1. The van der Waals surface area contributed by atoms with Gasteiger partial charge in [0.25, 0.3) is 0 Å². The molecular formula is C16H20N6O2S3. The maximum Gasteiger partial charge on any atom is 0.238 e. The Morgan fingerprint density at radius 3 is 2.59 bits per heavy atom. The van der Waals surface area contributed by atoms with Gasteiger partial charge in [-0.15, -0.1) is 11.8 Å². The number of anilines is 2. The Labute approximate surface area is 166 Å². The fourth-order valence-electron chi connectivity index (χ4n) is 2.27. The van der Waals surface area contributed by atoms with Crippen LogP contribution in [0.5, 0.6) is 0 Å². The summed E-state index contributed by atoms with van der Waals surface area (Å²) < 4.78 is 23.7. The number of aromatic nitrogens is 3. The molecule has 1 atom stereocenters. The van der Waals surface area contributed by atoms with Gasteiger partial charge in [0.2, 0.25) is 16.0 Å². The first-order valence-corrected chi connectivity index (χ1v) is 11.7. The van der Waals surface area contributed by atoms with E-state index in [1.165, 1.54) is 17.4 Å². The van der Waals surface area contributed by atoms with E-state index in [0.29, 0.717) is 25.0 Å². The number of hydrogen-bond donors (Lipinski definition) is 3. The molecule has 0 spiro atoms. The van der Waals surface area contributed by atoms with Crippen molar-refractivity contribution in [2.24, 2.45) is 11.1 Å². The first-order valence-electron chi connectivity index (χ1n) is 8.12. The normalized spacial score (nSPS) is 12.9. The highest BCUT2D eigenvalue weighted by Gasteiger charge is 2.12. The highest BCUT2D eigenvalue weighted by Crippen LogP contribution is 2.28. The molecule has 0 aliphatic rings. The van der Waals surface area contributed by atoms with Crippen LogP contribution in [0.15, 0.2) is 40.4 Å². The van der Waals surface area contributed by atoms with Crippen molar-refractivity contribution in [1.29, 1.82) is 0 Å². The van der Waals surface area contributed by atoms with Crippen LogP contribution < -0.4 is 15.8 Å². The van der Waals surface area contributed by atoms with E-state index in [2.05, 4.69) is 32.5 Å². The van der Waals surface area contributed by atoms with Crippen molar-refractivity contribution in [3.63, 3.8) is 0 Å². The molecule has 0 aliphatic heterocycles. The van der Waals surface area contributed by atoms with Crippen LogP contribution in [0.1, 0.15) is 6.92 Å². The molecule has 4 N–H and O–H groups in total. The molecule has 8 nitrogen and oxygen atoms in total. The highest BCUT2D eigenvalue weighted by atomic mass is 32.2. The largest absolute Gasteiger partial charge is 0.361 e. The molecule has 0 bridgehead atoms. The fraction of sp³-hybridized carbons (Fsp3) is 0.312. The molecule has 144 valence electrons. The maximum absolute atomic E-state index is 11.5. The fourth-order valence-corrected chi connectivity index (χ4v) is 4.11. The smallest absolute Gasteiger partial charge is 0.238 e. The third-order valence-corrected chi connectivity index (χ3v) is 6.33. The number of thiazole rings is 1. The number of rotatable bonds is 8. The van der Waals surface area contributed by atoms with Gasteiger partial charge < -0.3 is 10.6 Å². The number of nitrogens with one attached hydrogen (secondary N) is 2. The molecule has 3 aromatic rings. The molecule has 0 fully saturated rings. The van der Waals surface area contributed by atoms with Crippen LogP contribution in [0.3, 0.4) is 0 Å². The standard InChI is InChI=1S/C16H20N6O2S3/c1-10(6-18-15-19-8-11(25-2)9-20-15)7-21-16-22-13-4-3-12(27(17,23)24)5-14(13)26-16/h3-5,8-10H,6-7H2,1-2H3,(H,21,22)(H2,17,23,24)(H,18,19,20)/t10-/m0/s1. The van der Waals surface area contributed by atoms with E-state index < -0.39 is 10.0 Å². The number of nitrogens with two attached hydrogens (primary N) is 1. The van der Waals surface area contributed by atoms with Gasteiger partial charge in [-0.25, -0.2) is 28.5 Å². The second-order valence-electron chi connectivity index (χ2n) is 6.01. The number of sulfonamides is 1. The van der Waals surface area contributed by atoms with Crippen molar-refractivity contribution in [2.45, 2.75) is 16.7 Å². The summed E-state index contributed by atoms with van der Waals surface area (Å²) in [7, 11) is -3.71. The summed E-state index contributed by atoms with van der Waals surface area (Å²) in [6.45, 7) is 3.52. The van der Waals surface area contributed by atoms with E-state index >= 15 is 0 Å². The minimum Gasteiger partial charge on any atom is -0.361 e. The molecule has 2 aromatic heterocycles. The van der Waals surface area contributed by atoms with Gasteiger partial charge in [-0.05, 0) is 30.4 Å². The Hall–Kier alpha value is -1.95. The summed E-state index contributed by atoms with van der Waals surface area (Å²) in [5.74, 6) is 0.913. The Morgan fingerprint density at radius 1 is 1.22 bits per heavy atom. The van der Waals surface area contributed by atoms with Crippen LogP contribution in [-0.4, -0.2) is 42.7 Å². The molecule has 3 rings (SSSR count). The van der Waals surface area contributed by atoms with Gasteiger partial charge in [0.15, 0.2) is 5.13 Å². The molecule has 11 heteroatoms. The van der Waals surface area contributed by atoms with E-state index in [1.807, 2.05) is 6.26 Å². The Kier molecular flexibility index (Phi) is 6.15. The van der Waals surface area contributed by atoms with Gasteiger partial charge in [-0.3, -0.25) is 0 Å². The lowest BCUT2D eigenvalue weighted by Crippen LogP contribution is -2.20. The second-order valence-corrected chi connectivity index (χ2v) is 9.48. The van der Waals surface area contributed by atoms with Crippen LogP contribution in [0.4, 0.5) is 11.1 Å². The van der Waals surface area contributed by atoms with E-state index in [4.69, 9.17) is 5.14 Å². The average Bonchev–Trinajstić information content (AvgIpc) is 3.06. The molecule has 27 heavy (non-hydrogen) atoms. The van der Waals surface area contributed by atoms with Crippen molar-refractivity contribution in [3.8, 4) is 0 Å². The van der Waals surface area contributed by atoms with Crippen molar-refractivity contribution in [3.05, 3.63) is 30.6 Å². The quantitative estimate of drug-likeness (QED) is 0.472. The van der Waals surface area contributed by atoms with Crippen molar-refractivity contribution < 1.29 is 8.42 Å². The second kappa shape index (κ2) is 8.38. The third-order valence-electron chi connectivity index (χ3n) is 3.76. The lowest BCUT2D eigenvalue weighted by Gasteiger charge is -2.13. The Bertz CT molecular complexity index is 1020. The van der Waals surface area contributed by atoms with Crippen molar-refractivity contribution in [2.75, 3.05) is 30.0 Å². The highest BCUT2D eigenvalue weighted by molar-refractivity contribution is 7.98. The summed E-state index contributed by atoms with van der Waals surface area (Å²) in [6.07, 6.45) is 5.57. The maximum atomic E-state index is 11.5. The topological polar surface area (TPSA) is 123 Å². The van der Waals surface area contributed by atoms with Crippen molar-refractivity contribution in [1.82, 2.24) is 15.0 Å². The SMILES string of the molecule is CSc1cnc(NC[C@H](C)CNc2nc3ccc(S(N)(=O)=O)cc3s2)nc1. The Balaban J connectivity index is 1.55. The zero-order valence-electron chi connectivity index (χ0n) is 14.8. The molecule has 0 amide bonds. The van der Waals surface area contributed by atoms with E-state index in [-0.39, 0.29) is 4.90 Å². The summed E-state index contributed by atoms with van der Waals surface area (Å²) in [5, 5.41) is 12.4. The van der Waals surface area contributed by atoms with Crippen LogP contribution in [0.2, 0.25) is 0 Å². The minimum absolute atomic E-state index is 0.0928. The number of benzene rings is 1. The monoisotopic (exact) mass is 424 g/mol. The van der Waals surface area contributed by atoms with Crippen LogP contribution in [0, 0.1) is 5.92 Å². The lowest BCUT2D eigenvalue weighted by molar-refractivity contribution is 0.598. The van der Waals surface area contributed by atoms with E-state index in [1.54, 1.807) is 36.3 Å². The third kappa shape index (κ3) is 5.28. The van der Waals surface area contributed by atoms with E-state index in [0.717, 1.165) is 20.2 Å². The minimum atomic E-state index is -3.71. The van der Waals surface area contributed by atoms with Crippen molar-refractivity contribution >= 4 is 54.4 Å². The lowest BCUT2D eigenvalue weighted by atomic mass is 10.2. The van der Waals surface area contributed by atoms with Gasteiger partial charge >= 0.3 is 0 Å². The first-order chi connectivity index (χ1) is 12.8. The molecule has 0 saturated heterocycles. The molecule has 0 radical (unpaired) electrons. The number of nitrogens with zero attached hydrogens (tertiary/aromatic N) is 3. The Morgan fingerprint density at radius 2 is 1.93 bits per heavy atom.